The van der Waals surface area contributed by atoms with Crippen LogP contribution >= 0.6 is 7.26 Å². The first-order valence-electron chi connectivity index (χ1n) is 11.6. The maximum atomic E-state index is 6.30. The molecule has 166 valence electrons. The number of allylic oxidation sites excluding steroid dienone is 5. The van der Waals surface area contributed by atoms with Gasteiger partial charge in [-0.2, -0.15) is 0 Å². The summed E-state index contributed by atoms with van der Waals surface area (Å²) in [4.78, 5) is 0. The largest absolute Gasteiger partial charge is 0.476 e. The third-order valence-electron chi connectivity index (χ3n) is 6.57. The van der Waals surface area contributed by atoms with Crippen molar-refractivity contribution < 1.29 is 4.74 Å². The molecule has 0 amide bonds. The van der Waals surface area contributed by atoms with E-state index in [-0.39, 0.29) is 11.5 Å². The quantitative estimate of drug-likeness (QED) is 0.514. The first-order valence-corrected chi connectivity index (χ1v) is 13.4. The van der Waals surface area contributed by atoms with Gasteiger partial charge in [-0.25, -0.2) is 0 Å². The molecule has 0 radical (unpaired) electrons. The van der Waals surface area contributed by atoms with E-state index in [9.17, 15) is 0 Å². The molecule has 1 fully saturated rings. The van der Waals surface area contributed by atoms with Crippen LogP contribution in [0, 0.1) is 5.41 Å². The minimum atomic E-state index is -2.15. The van der Waals surface area contributed by atoms with Gasteiger partial charge in [0.05, 0.1) is 11.6 Å². The van der Waals surface area contributed by atoms with Crippen molar-refractivity contribution in [3.05, 3.63) is 126 Å². The van der Waals surface area contributed by atoms with Gasteiger partial charge in [0.25, 0.3) is 0 Å². The predicted molar refractivity (Wildman–Crippen MR) is 142 cm³/mol. The number of hydrogen-bond donors (Lipinski definition) is 1. The second-order valence-corrected chi connectivity index (χ2v) is 13.1. The van der Waals surface area contributed by atoms with E-state index < -0.39 is 7.26 Å². The van der Waals surface area contributed by atoms with E-state index in [1.807, 2.05) is 0 Å². The molecule has 3 aromatic carbocycles. The lowest BCUT2D eigenvalue weighted by atomic mass is 9.88. The van der Waals surface area contributed by atoms with Crippen molar-refractivity contribution in [3.8, 4) is 0 Å². The zero-order valence-electron chi connectivity index (χ0n) is 19.5. The van der Waals surface area contributed by atoms with Crippen LogP contribution in [0.3, 0.4) is 0 Å². The van der Waals surface area contributed by atoms with Gasteiger partial charge in [-0.3, -0.25) is 0 Å². The van der Waals surface area contributed by atoms with Crippen molar-refractivity contribution in [2.75, 3.05) is 6.61 Å². The van der Waals surface area contributed by atoms with E-state index >= 15 is 0 Å². The Hall–Kier alpha value is -3.09. The van der Waals surface area contributed by atoms with Crippen molar-refractivity contribution in [2.24, 2.45) is 5.41 Å². The summed E-state index contributed by atoms with van der Waals surface area (Å²) < 4.78 is 6.30. The molecule has 2 aliphatic rings. The molecule has 3 heteroatoms. The Kier molecular flexibility index (Phi) is 5.72. The van der Waals surface area contributed by atoms with E-state index in [2.05, 4.69) is 135 Å². The summed E-state index contributed by atoms with van der Waals surface area (Å²) in [6, 6.07) is 33.3. The van der Waals surface area contributed by atoms with E-state index in [0.29, 0.717) is 6.61 Å². The van der Waals surface area contributed by atoms with Crippen LogP contribution in [0.1, 0.15) is 20.8 Å². The molecule has 2 nitrogen and oxygen atoms in total. The molecule has 0 spiro atoms. The standard InChI is InChI=1S/C30H31NOP/c1-30(2,3)28-22-32-29(31-28)26-20-13-21-27(26)33(23-14-7-4-8-15-23,24-16-9-5-10-17-24)25-18-11-6-12-19-25/h4-21,28,31H,22H2,1-3H3/q+1/b29-26+/t28-/m1/s1. The van der Waals surface area contributed by atoms with Gasteiger partial charge in [-0.1, -0.05) is 81.4 Å². The molecule has 3 aromatic rings. The zero-order valence-corrected chi connectivity index (χ0v) is 20.4. The van der Waals surface area contributed by atoms with Gasteiger partial charge in [0.2, 0.25) is 0 Å². The Morgan fingerprint density at radius 2 is 1.24 bits per heavy atom. The van der Waals surface area contributed by atoms with Crippen molar-refractivity contribution in [1.82, 2.24) is 5.32 Å². The maximum absolute atomic E-state index is 6.30. The van der Waals surface area contributed by atoms with Gasteiger partial charge in [-0.05, 0) is 54.0 Å². The second-order valence-electron chi connectivity index (χ2n) is 9.71. The molecule has 0 unspecified atom stereocenters. The van der Waals surface area contributed by atoms with Gasteiger partial charge in [-0.15, -0.1) is 0 Å². The average Bonchev–Trinajstić information content (AvgIpc) is 3.52. The van der Waals surface area contributed by atoms with Crippen LogP contribution in [0.2, 0.25) is 0 Å². The van der Waals surface area contributed by atoms with Crippen LogP contribution in [0.25, 0.3) is 0 Å². The SMILES string of the molecule is CC(C)(C)[C@H]1CO/C(=C2\C=CC=C2[P+](c2ccccc2)(c2ccccc2)c2ccccc2)N1. The number of ether oxygens (including phenoxy) is 1. The van der Waals surface area contributed by atoms with Crippen LogP contribution in [-0.4, -0.2) is 12.6 Å². The first kappa shape index (κ1) is 21.7. The molecule has 5 rings (SSSR count). The molecule has 1 aliphatic heterocycles. The van der Waals surface area contributed by atoms with Gasteiger partial charge >= 0.3 is 0 Å². The summed E-state index contributed by atoms with van der Waals surface area (Å²) in [6.45, 7) is 7.48. The smallest absolute Gasteiger partial charge is 0.198 e. The van der Waals surface area contributed by atoms with Gasteiger partial charge in [0, 0.05) is 0 Å². The Morgan fingerprint density at radius 3 is 1.67 bits per heavy atom. The highest BCUT2D eigenvalue weighted by Crippen LogP contribution is 2.66. The summed E-state index contributed by atoms with van der Waals surface area (Å²) in [5.74, 6) is 0.905. The molecular weight excluding hydrogens is 421 g/mol. The Morgan fingerprint density at radius 1 is 0.758 bits per heavy atom. The molecule has 1 saturated heterocycles. The molecule has 1 heterocycles. The fourth-order valence-electron chi connectivity index (χ4n) is 4.74. The van der Waals surface area contributed by atoms with E-state index in [0.717, 1.165) is 5.88 Å². The zero-order chi connectivity index (χ0) is 22.9. The van der Waals surface area contributed by atoms with E-state index in [1.165, 1.54) is 26.8 Å². The topological polar surface area (TPSA) is 21.3 Å². The van der Waals surface area contributed by atoms with Crippen molar-refractivity contribution in [1.29, 1.82) is 0 Å². The van der Waals surface area contributed by atoms with Crippen molar-refractivity contribution in [3.63, 3.8) is 0 Å². The summed E-state index contributed by atoms with van der Waals surface area (Å²) in [5, 5.41) is 9.09. The van der Waals surface area contributed by atoms with Gasteiger partial charge in [0.1, 0.15) is 35.1 Å². The lowest BCUT2D eigenvalue weighted by Gasteiger charge is -2.29. The highest BCUT2D eigenvalue weighted by atomic mass is 31.2. The number of nitrogens with one attached hydrogen (secondary N) is 1. The molecule has 33 heavy (non-hydrogen) atoms. The molecule has 1 N–H and O–H groups in total. The van der Waals surface area contributed by atoms with Crippen LogP contribution in [-0.2, 0) is 4.74 Å². The van der Waals surface area contributed by atoms with Crippen molar-refractivity contribution >= 4 is 23.2 Å². The number of hydrogen-bond acceptors (Lipinski definition) is 2. The summed E-state index contributed by atoms with van der Waals surface area (Å²) in [6.07, 6.45) is 6.70. The van der Waals surface area contributed by atoms with Crippen LogP contribution in [0.5, 0.6) is 0 Å². The molecular formula is C30H31NOP+. The molecule has 1 atom stereocenters. The van der Waals surface area contributed by atoms with Crippen LogP contribution < -0.4 is 21.2 Å². The monoisotopic (exact) mass is 452 g/mol. The second kappa shape index (κ2) is 8.69. The minimum absolute atomic E-state index is 0.124. The Labute approximate surface area is 198 Å². The summed E-state index contributed by atoms with van der Waals surface area (Å²) in [7, 11) is -2.15. The first-order chi connectivity index (χ1) is 16.0. The van der Waals surface area contributed by atoms with Crippen molar-refractivity contribution in [2.45, 2.75) is 26.8 Å². The number of benzene rings is 3. The fourth-order valence-corrected chi connectivity index (χ4v) is 9.18. The minimum Gasteiger partial charge on any atom is -0.476 e. The maximum Gasteiger partial charge on any atom is 0.198 e. The fraction of sp³-hybridized carbons (Fsp3) is 0.200. The van der Waals surface area contributed by atoms with Crippen LogP contribution in [0.15, 0.2) is 126 Å². The van der Waals surface area contributed by atoms with E-state index in [1.54, 1.807) is 0 Å². The normalized spacial score (nSPS) is 20.3. The van der Waals surface area contributed by atoms with Gasteiger partial charge in [0.15, 0.2) is 5.88 Å². The highest BCUT2D eigenvalue weighted by Gasteiger charge is 2.52. The van der Waals surface area contributed by atoms with Crippen LogP contribution in [0.4, 0.5) is 0 Å². The average molecular weight is 453 g/mol. The van der Waals surface area contributed by atoms with Gasteiger partial charge < -0.3 is 10.1 Å². The Balaban J connectivity index is 1.76. The lowest BCUT2D eigenvalue weighted by molar-refractivity contribution is 0.214. The highest BCUT2D eigenvalue weighted by molar-refractivity contribution is 7.99. The predicted octanol–water partition coefficient (Wildman–Crippen LogP) is 5.68. The summed E-state index contributed by atoms with van der Waals surface area (Å²) in [5.41, 5.74) is 1.30. The third-order valence-corrected chi connectivity index (χ3v) is 10.9. The molecule has 0 saturated carbocycles. The Bertz CT molecular complexity index is 1110. The molecule has 0 aromatic heterocycles. The summed E-state index contributed by atoms with van der Waals surface area (Å²) >= 11 is 0. The number of rotatable bonds is 4. The third kappa shape index (κ3) is 3.83. The van der Waals surface area contributed by atoms with E-state index in [4.69, 9.17) is 4.74 Å². The molecule has 0 bridgehead atoms. The molecule has 1 aliphatic carbocycles. The lowest BCUT2D eigenvalue weighted by Crippen LogP contribution is -2.37.